The molecule has 1 aliphatic heterocycles. The lowest BCUT2D eigenvalue weighted by Crippen LogP contribution is -2.33. The first kappa shape index (κ1) is 13.6. The van der Waals surface area contributed by atoms with Gasteiger partial charge in [-0.25, -0.2) is 4.98 Å². The maximum atomic E-state index is 12.1. The average Bonchev–Trinajstić information content (AvgIpc) is 2.91. The van der Waals surface area contributed by atoms with E-state index in [1.54, 1.807) is 13.0 Å². The minimum atomic E-state index is -0.250. The molecular formula is C15H18N4O2. The molecule has 1 atom stereocenters. The Labute approximate surface area is 122 Å². The summed E-state index contributed by atoms with van der Waals surface area (Å²) in [6.45, 7) is 3.32. The standard InChI is InChI=1S/C15H18N4O2/c1-10-6-12(8-14(20)18-10)15(21)17-9-11-2-4-19-5-3-16-13(19)7-11/h3,5-6,8,11H,2,4,7,9H2,1H3,(H,17,21)(H,18,20)/t11-/m1/s1. The number of fused-ring (bicyclic) bond motifs is 1. The Morgan fingerprint density at radius 2 is 2.38 bits per heavy atom. The summed E-state index contributed by atoms with van der Waals surface area (Å²) in [6, 6.07) is 3.01. The van der Waals surface area contributed by atoms with Crippen molar-refractivity contribution in [3.05, 3.63) is 52.0 Å². The predicted octanol–water partition coefficient (Wildman–Crippen LogP) is 0.872. The monoisotopic (exact) mass is 286 g/mol. The highest BCUT2D eigenvalue weighted by Gasteiger charge is 2.19. The maximum Gasteiger partial charge on any atom is 0.251 e. The van der Waals surface area contributed by atoms with Crippen LogP contribution in [-0.4, -0.2) is 27.0 Å². The number of H-pyrrole nitrogens is 1. The zero-order valence-corrected chi connectivity index (χ0v) is 11.9. The Balaban J connectivity index is 1.60. The van der Waals surface area contributed by atoms with Gasteiger partial charge in [0.25, 0.3) is 5.91 Å². The number of nitrogens with one attached hydrogen (secondary N) is 2. The molecule has 0 saturated heterocycles. The molecule has 0 radical (unpaired) electrons. The van der Waals surface area contributed by atoms with Gasteiger partial charge in [-0.05, 0) is 25.3 Å². The van der Waals surface area contributed by atoms with Crippen LogP contribution in [0.4, 0.5) is 0 Å². The molecule has 110 valence electrons. The highest BCUT2D eigenvalue weighted by molar-refractivity contribution is 5.94. The van der Waals surface area contributed by atoms with Gasteiger partial charge in [-0.15, -0.1) is 0 Å². The van der Waals surface area contributed by atoms with Gasteiger partial charge in [0.2, 0.25) is 5.56 Å². The molecule has 21 heavy (non-hydrogen) atoms. The molecule has 0 aromatic carbocycles. The largest absolute Gasteiger partial charge is 0.352 e. The summed E-state index contributed by atoms with van der Waals surface area (Å²) in [6.07, 6.45) is 5.71. The Kier molecular flexibility index (Phi) is 3.60. The van der Waals surface area contributed by atoms with Crippen LogP contribution in [-0.2, 0) is 13.0 Å². The number of aromatic nitrogens is 3. The Morgan fingerprint density at radius 1 is 1.52 bits per heavy atom. The highest BCUT2D eigenvalue weighted by atomic mass is 16.2. The van der Waals surface area contributed by atoms with Crippen LogP contribution in [0.15, 0.2) is 29.3 Å². The molecule has 0 saturated carbocycles. The molecule has 1 aliphatic rings. The van der Waals surface area contributed by atoms with Crippen molar-refractivity contribution in [2.45, 2.75) is 26.3 Å². The third-order valence-corrected chi connectivity index (χ3v) is 3.84. The second-order valence-corrected chi connectivity index (χ2v) is 5.52. The van der Waals surface area contributed by atoms with Crippen molar-refractivity contribution in [3.63, 3.8) is 0 Å². The number of hydrogen-bond acceptors (Lipinski definition) is 3. The number of aromatic amines is 1. The molecule has 2 aromatic rings. The van der Waals surface area contributed by atoms with Crippen LogP contribution in [0.1, 0.15) is 28.3 Å². The molecule has 6 nitrogen and oxygen atoms in total. The second kappa shape index (κ2) is 5.55. The molecule has 2 N–H and O–H groups in total. The molecular weight excluding hydrogens is 268 g/mol. The SMILES string of the molecule is Cc1cc(C(=O)NC[C@@H]2CCn3ccnc3C2)cc(=O)[nH]1. The molecule has 6 heteroatoms. The Hall–Kier alpha value is -2.37. The van der Waals surface area contributed by atoms with E-state index in [1.165, 1.54) is 6.07 Å². The summed E-state index contributed by atoms with van der Waals surface area (Å²) >= 11 is 0. The van der Waals surface area contributed by atoms with Crippen LogP contribution in [0.5, 0.6) is 0 Å². The van der Waals surface area contributed by atoms with E-state index >= 15 is 0 Å². The van der Waals surface area contributed by atoms with E-state index in [-0.39, 0.29) is 11.5 Å². The molecule has 3 rings (SSSR count). The van der Waals surface area contributed by atoms with Gasteiger partial charge in [0.1, 0.15) is 5.82 Å². The van der Waals surface area contributed by atoms with Crippen LogP contribution in [0.2, 0.25) is 0 Å². The molecule has 2 aromatic heterocycles. The topological polar surface area (TPSA) is 79.8 Å². The molecule has 0 bridgehead atoms. The van der Waals surface area contributed by atoms with Gasteiger partial charge in [-0.2, -0.15) is 0 Å². The normalized spacial score (nSPS) is 17.3. The summed E-state index contributed by atoms with van der Waals surface area (Å²) in [7, 11) is 0. The number of imidazole rings is 1. The molecule has 0 spiro atoms. The minimum Gasteiger partial charge on any atom is -0.352 e. The van der Waals surface area contributed by atoms with Gasteiger partial charge < -0.3 is 14.9 Å². The molecule has 0 fully saturated rings. The maximum absolute atomic E-state index is 12.1. The van der Waals surface area contributed by atoms with Crippen LogP contribution >= 0.6 is 0 Å². The summed E-state index contributed by atoms with van der Waals surface area (Å²) in [5, 5.41) is 2.92. The number of carbonyl (C=O) groups is 1. The van der Waals surface area contributed by atoms with E-state index in [0.29, 0.717) is 23.7 Å². The zero-order valence-electron chi connectivity index (χ0n) is 11.9. The Morgan fingerprint density at radius 3 is 3.19 bits per heavy atom. The third kappa shape index (κ3) is 3.04. The van der Waals surface area contributed by atoms with Crippen LogP contribution < -0.4 is 10.9 Å². The third-order valence-electron chi connectivity index (χ3n) is 3.84. The van der Waals surface area contributed by atoms with Crippen LogP contribution in [0, 0.1) is 12.8 Å². The summed E-state index contributed by atoms with van der Waals surface area (Å²) in [5.41, 5.74) is 0.848. The van der Waals surface area contributed by atoms with Gasteiger partial charge in [-0.1, -0.05) is 0 Å². The predicted molar refractivity (Wildman–Crippen MR) is 78.2 cm³/mol. The lowest BCUT2D eigenvalue weighted by Gasteiger charge is -2.23. The van der Waals surface area contributed by atoms with Gasteiger partial charge in [-0.3, -0.25) is 9.59 Å². The number of nitrogens with zero attached hydrogens (tertiary/aromatic N) is 2. The zero-order chi connectivity index (χ0) is 14.8. The molecule has 3 heterocycles. The van der Waals surface area contributed by atoms with Crippen molar-refractivity contribution >= 4 is 5.91 Å². The van der Waals surface area contributed by atoms with Crippen LogP contribution in [0.25, 0.3) is 0 Å². The first-order valence-electron chi connectivity index (χ1n) is 7.11. The fraction of sp³-hybridized carbons (Fsp3) is 0.400. The van der Waals surface area contributed by atoms with E-state index in [1.807, 2.05) is 12.4 Å². The summed E-state index contributed by atoms with van der Waals surface area (Å²) < 4.78 is 2.15. The summed E-state index contributed by atoms with van der Waals surface area (Å²) in [4.78, 5) is 30.4. The van der Waals surface area contributed by atoms with Gasteiger partial charge in [0.15, 0.2) is 0 Å². The smallest absolute Gasteiger partial charge is 0.251 e. The highest BCUT2D eigenvalue weighted by Crippen LogP contribution is 2.18. The van der Waals surface area contributed by atoms with Crippen molar-refractivity contribution < 1.29 is 4.79 Å². The van der Waals surface area contributed by atoms with E-state index in [9.17, 15) is 9.59 Å². The molecule has 1 amide bonds. The van der Waals surface area contributed by atoms with Crippen molar-refractivity contribution in [3.8, 4) is 0 Å². The number of rotatable bonds is 3. The molecule has 0 aliphatic carbocycles. The quantitative estimate of drug-likeness (QED) is 0.878. The number of amides is 1. The minimum absolute atomic E-state index is 0.196. The van der Waals surface area contributed by atoms with E-state index in [4.69, 9.17) is 0 Å². The van der Waals surface area contributed by atoms with E-state index in [0.717, 1.165) is 25.2 Å². The van der Waals surface area contributed by atoms with Crippen molar-refractivity contribution in [2.75, 3.05) is 6.54 Å². The van der Waals surface area contributed by atoms with Crippen molar-refractivity contribution in [1.82, 2.24) is 19.9 Å². The fourth-order valence-corrected chi connectivity index (χ4v) is 2.74. The number of aryl methyl sites for hydroxylation is 2. The van der Waals surface area contributed by atoms with E-state index < -0.39 is 0 Å². The lowest BCUT2D eigenvalue weighted by molar-refractivity contribution is 0.0944. The van der Waals surface area contributed by atoms with Crippen molar-refractivity contribution in [1.29, 1.82) is 0 Å². The summed E-state index contributed by atoms with van der Waals surface area (Å²) in [5.74, 6) is 1.28. The lowest BCUT2D eigenvalue weighted by atomic mass is 9.97. The van der Waals surface area contributed by atoms with Gasteiger partial charge in [0.05, 0.1) is 0 Å². The fourth-order valence-electron chi connectivity index (χ4n) is 2.74. The first-order chi connectivity index (χ1) is 10.1. The Bertz CT molecular complexity index is 716. The number of hydrogen-bond donors (Lipinski definition) is 2. The van der Waals surface area contributed by atoms with E-state index in [2.05, 4.69) is 19.9 Å². The van der Waals surface area contributed by atoms with Gasteiger partial charge in [0, 0.05) is 49.2 Å². The second-order valence-electron chi connectivity index (χ2n) is 5.52. The van der Waals surface area contributed by atoms with Crippen LogP contribution in [0.3, 0.4) is 0 Å². The van der Waals surface area contributed by atoms with Crippen molar-refractivity contribution in [2.24, 2.45) is 5.92 Å². The van der Waals surface area contributed by atoms with Gasteiger partial charge >= 0.3 is 0 Å². The number of pyridine rings is 1. The average molecular weight is 286 g/mol. The first-order valence-corrected chi connectivity index (χ1v) is 7.11. The molecule has 0 unspecified atom stereocenters. The number of carbonyl (C=O) groups excluding carboxylic acids is 1.